The normalized spacial score (nSPS) is 13.2. The summed E-state index contributed by atoms with van der Waals surface area (Å²) in [6.07, 6.45) is 0. The third-order valence-electron chi connectivity index (χ3n) is 1.57. The Morgan fingerprint density at radius 3 is 2.83 bits per heavy atom. The van der Waals surface area contributed by atoms with Gasteiger partial charge in [0.25, 0.3) is 0 Å². The van der Waals surface area contributed by atoms with Gasteiger partial charge in [0.05, 0.1) is 5.10 Å². The fraction of sp³-hybridized carbons (Fsp3) is 0. The number of benzene rings is 1. The maximum atomic E-state index is 10.4. The zero-order valence-electron chi connectivity index (χ0n) is 5.97. The standard InChI is InChI=1S/C7H4N3O2/c11-10(12)7-5-3-1-2-4-6(5)8-9-7/h1-4H. The Hall–Kier alpha value is -1.91. The molecule has 1 radical (unpaired) electrons. The van der Waals surface area contributed by atoms with Gasteiger partial charge >= 0.3 is 5.84 Å². The zero-order chi connectivity index (χ0) is 8.55. The van der Waals surface area contributed by atoms with Crippen molar-refractivity contribution in [2.24, 2.45) is 5.10 Å². The minimum Gasteiger partial charge on any atom is -0.358 e. The van der Waals surface area contributed by atoms with E-state index in [0.717, 1.165) is 0 Å². The predicted molar refractivity (Wildman–Crippen MR) is 41.8 cm³/mol. The molecule has 0 atom stereocenters. The summed E-state index contributed by atoms with van der Waals surface area (Å²) in [7, 11) is 0. The van der Waals surface area contributed by atoms with Crippen molar-refractivity contribution in [3.63, 3.8) is 0 Å². The van der Waals surface area contributed by atoms with Gasteiger partial charge < -0.3 is 10.1 Å². The first-order valence-electron chi connectivity index (χ1n) is 3.31. The van der Waals surface area contributed by atoms with E-state index in [1.807, 2.05) is 0 Å². The summed E-state index contributed by atoms with van der Waals surface area (Å²) in [6, 6.07) is 6.81. The lowest BCUT2D eigenvalue weighted by atomic mass is 10.2. The van der Waals surface area contributed by atoms with Gasteiger partial charge in [-0.05, 0) is 22.5 Å². The van der Waals surface area contributed by atoms with E-state index >= 15 is 0 Å². The highest BCUT2D eigenvalue weighted by Crippen LogP contribution is 2.21. The van der Waals surface area contributed by atoms with Gasteiger partial charge in [-0.2, -0.15) is 0 Å². The molecule has 1 aliphatic heterocycles. The van der Waals surface area contributed by atoms with Gasteiger partial charge in [-0.25, -0.2) is 0 Å². The first kappa shape index (κ1) is 6.78. The van der Waals surface area contributed by atoms with Crippen LogP contribution in [0.25, 0.3) is 0 Å². The zero-order valence-corrected chi connectivity index (χ0v) is 5.97. The third-order valence-corrected chi connectivity index (χ3v) is 1.57. The van der Waals surface area contributed by atoms with Crippen LogP contribution in [0.4, 0.5) is 5.69 Å². The first-order valence-corrected chi connectivity index (χ1v) is 3.31. The van der Waals surface area contributed by atoms with E-state index in [-0.39, 0.29) is 5.84 Å². The van der Waals surface area contributed by atoms with Crippen molar-refractivity contribution in [2.45, 2.75) is 0 Å². The number of amidine groups is 1. The molecule has 0 unspecified atom stereocenters. The molecule has 1 heterocycles. The van der Waals surface area contributed by atoms with Crippen LogP contribution in [0.1, 0.15) is 5.56 Å². The summed E-state index contributed by atoms with van der Waals surface area (Å²) in [4.78, 5) is 9.85. The maximum Gasteiger partial charge on any atom is 0.400 e. The van der Waals surface area contributed by atoms with E-state index in [1.165, 1.54) is 0 Å². The van der Waals surface area contributed by atoms with Crippen LogP contribution >= 0.6 is 0 Å². The quantitative estimate of drug-likeness (QED) is 0.419. The van der Waals surface area contributed by atoms with E-state index in [0.29, 0.717) is 11.3 Å². The SMILES string of the molecule is O=[N+]([O-])C1=N[N]c2ccccc21. The van der Waals surface area contributed by atoms with Gasteiger partial charge in [-0.3, -0.25) is 0 Å². The van der Waals surface area contributed by atoms with Crippen molar-refractivity contribution < 1.29 is 4.92 Å². The van der Waals surface area contributed by atoms with Gasteiger partial charge in [0.15, 0.2) is 0 Å². The van der Waals surface area contributed by atoms with Gasteiger partial charge in [-0.15, -0.1) is 0 Å². The monoisotopic (exact) mass is 162 g/mol. The molecule has 0 fully saturated rings. The van der Waals surface area contributed by atoms with E-state index in [1.54, 1.807) is 24.3 Å². The molecule has 0 spiro atoms. The Morgan fingerprint density at radius 2 is 2.08 bits per heavy atom. The third kappa shape index (κ3) is 0.833. The van der Waals surface area contributed by atoms with Crippen LogP contribution in [0.5, 0.6) is 0 Å². The molecule has 0 N–H and O–H groups in total. The van der Waals surface area contributed by atoms with Gasteiger partial charge in [0, 0.05) is 0 Å². The number of nitro groups is 1. The topological polar surface area (TPSA) is 69.6 Å². The molecule has 0 saturated carbocycles. The van der Waals surface area contributed by atoms with Crippen LogP contribution in [-0.4, -0.2) is 10.8 Å². The number of hydrogen-bond acceptors (Lipinski definition) is 3. The highest BCUT2D eigenvalue weighted by Gasteiger charge is 2.27. The van der Waals surface area contributed by atoms with Crippen molar-refractivity contribution in [1.29, 1.82) is 0 Å². The smallest absolute Gasteiger partial charge is 0.358 e. The molecule has 12 heavy (non-hydrogen) atoms. The predicted octanol–water partition coefficient (Wildman–Crippen LogP) is 0.874. The minimum absolute atomic E-state index is 0.175. The van der Waals surface area contributed by atoms with Crippen molar-refractivity contribution in [3.05, 3.63) is 39.9 Å². The van der Waals surface area contributed by atoms with Crippen molar-refractivity contribution in [2.75, 3.05) is 0 Å². The fourth-order valence-corrected chi connectivity index (χ4v) is 1.04. The molecule has 1 aromatic rings. The van der Waals surface area contributed by atoms with E-state index in [4.69, 9.17) is 0 Å². The Morgan fingerprint density at radius 1 is 1.33 bits per heavy atom. The average Bonchev–Trinajstić information content (AvgIpc) is 2.47. The van der Waals surface area contributed by atoms with E-state index in [9.17, 15) is 10.1 Å². The molecule has 2 rings (SSSR count). The second-order valence-corrected chi connectivity index (χ2v) is 2.30. The second-order valence-electron chi connectivity index (χ2n) is 2.30. The number of hydrogen-bond donors (Lipinski definition) is 0. The molecule has 0 aromatic heterocycles. The largest absolute Gasteiger partial charge is 0.400 e. The second kappa shape index (κ2) is 2.30. The summed E-state index contributed by atoms with van der Waals surface area (Å²) in [6.45, 7) is 0. The van der Waals surface area contributed by atoms with Crippen molar-refractivity contribution in [3.8, 4) is 0 Å². The summed E-state index contributed by atoms with van der Waals surface area (Å²) < 4.78 is 0. The average molecular weight is 162 g/mol. The highest BCUT2D eigenvalue weighted by atomic mass is 16.6. The highest BCUT2D eigenvalue weighted by molar-refractivity contribution is 5.99. The molecule has 0 aliphatic carbocycles. The Balaban J connectivity index is 2.52. The lowest BCUT2D eigenvalue weighted by Gasteiger charge is -1.92. The van der Waals surface area contributed by atoms with E-state index < -0.39 is 4.92 Å². The molecule has 59 valence electrons. The molecule has 0 bridgehead atoms. The van der Waals surface area contributed by atoms with Crippen LogP contribution in [0, 0.1) is 10.1 Å². The van der Waals surface area contributed by atoms with Crippen LogP contribution in [0.15, 0.2) is 29.4 Å². The Labute approximate surface area is 67.9 Å². The van der Waals surface area contributed by atoms with Crippen molar-refractivity contribution >= 4 is 11.5 Å². The molecule has 1 aromatic carbocycles. The van der Waals surface area contributed by atoms with Crippen LogP contribution < -0.4 is 5.43 Å². The Kier molecular flexibility index (Phi) is 1.30. The lowest BCUT2D eigenvalue weighted by Crippen LogP contribution is -2.09. The summed E-state index contributed by atoms with van der Waals surface area (Å²) in [5.41, 5.74) is 4.70. The van der Waals surface area contributed by atoms with Crippen LogP contribution in [0.2, 0.25) is 0 Å². The number of rotatable bonds is 0. The fourth-order valence-electron chi connectivity index (χ4n) is 1.04. The molecule has 0 amide bonds. The molecule has 5 nitrogen and oxygen atoms in total. The molecule has 0 saturated heterocycles. The van der Waals surface area contributed by atoms with Gasteiger partial charge in [-0.1, -0.05) is 12.1 Å². The maximum absolute atomic E-state index is 10.4. The van der Waals surface area contributed by atoms with Crippen LogP contribution in [0.3, 0.4) is 0 Å². The molecular formula is C7H4N3O2. The summed E-state index contributed by atoms with van der Waals surface area (Å²) >= 11 is 0. The van der Waals surface area contributed by atoms with E-state index in [2.05, 4.69) is 10.5 Å². The molecule has 1 aliphatic rings. The molecule has 5 heteroatoms. The van der Waals surface area contributed by atoms with Gasteiger partial charge in [0.1, 0.15) is 11.3 Å². The molecular weight excluding hydrogens is 158 g/mol. The minimum atomic E-state index is -0.532. The Bertz CT molecular complexity index is 373. The first-order chi connectivity index (χ1) is 5.79. The number of nitrogens with zero attached hydrogens (tertiary/aromatic N) is 3. The summed E-state index contributed by atoms with van der Waals surface area (Å²) in [5, 5.41) is 13.8. The summed E-state index contributed by atoms with van der Waals surface area (Å²) in [5.74, 6) is -0.175. The van der Waals surface area contributed by atoms with Gasteiger partial charge in [0.2, 0.25) is 0 Å². The van der Waals surface area contributed by atoms with Crippen molar-refractivity contribution in [1.82, 2.24) is 5.43 Å². The number of fused-ring (bicyclic) bond motifs is 1. The lowest BCUT2D eigenvalue weighted by molar-refractivity contribution is -0.348. The van der Waals surface area contributed by atoms with Crippen LogP contribution in [-0.2, 0) is 0 Å².